The number of nitrogens with zero attached hydrogens (tertiary/aromatic N) is 6. The van der Waals surface area contributed by atoms with Crippen molar-refractivity contribution in [1.29, 1.82) is 0 Å². The Balaban J connectivity index is 1.48. The fraction of sp³-hybridized carbons (Fsp3) is 0.370. The maximum absolute atomic E-state index is 12.9. The van der Waals surface area contributed by atoms with Gasteiger partial charge in [-0.1, -0.05) is 61.5 Å². The van der Waals surface area contributed by atoms with Gasteiger partial charge in [0, 0.05) is 42.5 Å². The summed E-state index contributed by atoms with van der Waals surface area (Å²) < 4.78 is 29.3. The van der Waals surface area contributed by atoms with Gasteiger partial charge in [0.2, 0.25) is 10.0 Å². The van der Waals surface area contributed by atoms with Crippen molar-refractivity contribution in [2.75, 3.05) is 36.8 Å². The summed E-state index contributed by atoms with van der Waals surface area (Å²) in [6.45, 7) is 3.99. The highest BCUT2D eigenvalue weighted by Crippen LogP contribution is 2.35. The van der Waals surface area contributed by atoms with Crippen molar-refractivity contribution >= 4 is 50.2 Å². The summed E-state index contributed by atoms with van der Waals surface area (Å²) in [5.74, 6) is 1.52. The number of unbranched alkanes of at least 4 members (excludes halogenated alkanes) is 3. The van der Waals surface area contributed by atoms with Gasteiger partial charge in [-0.3, -0.25) is 4.57 Å². The predicted octanol–water partition coefficient (Wildman–Crippen LogP) is 5.82. The summed E-state index contributed by atoms with van der Waals surface area (Å²) in [5, 5.41) is 1.20. The number of imidazole rings is 1. The molecule has 2 aromatic carbocycles. The van der Waals surface area contributed by atoms with E-state index in [1.807, 2.05) is 53.1 Å². The second-order valence-electron chi connectivity index (χ2n) is 9.36. The van der Waals surface area contributed by atoms with Crippen LogP contribution in [0.15, 0.2) is 54.9 Å². The lowest BCUT2D eigenvalue weighted by Crippen LogP contribution is -2.49. The molecule has 0 saturated carbocycles. The highest BCUT2D eigenvalue weighted by atomic mass is 35.5. The topological polar surface area (TPSA) is 84.2 Å². The number of rotatable bonds is 9. The molecule has 3 heterocycles. The third-order valence-electron chi connectivity index (χ3n) is 6.81. The van der Waals surface area contributed by atoms with Gasteiger partial charge in [0.15, 0.2) is 17.0 Å². The van der Waals surface area contributed by atoms with Gasteiger partial charge in [-0.05, 0) is 42.8 Å². The van der Waals surface area contributed by atoms with E-state index in [-0.39, 0.29) is 5.75 Å². The van der Waals surface area contributed by atoms with E-state index < -0.39 is 10.0 Å². The molecule has 5 rings (SSSR count). The third kappa shape index (κ3) is 5.52. The van der Waals surface area contributed by atoms with Crippen molar-refractivity contribution in [2.45, 2.75) is 32.6 Å². The quantitative estimate of drug-likeness (QED) is 0.235. The summed E-state index contributed by atoms with van der Waals surface area (Å²) in [6, 6.07) is 15.0. The summed E-state index contributed by atoms with van der Waals surface area (Å²) in [6.07, 6.45) is 5.32. The van der Waals surface area contributed by atoms with Crippen LogP contribution in [0.4, 0.5) is 5.82 Å². The molecule has 0 aliphatic carbocycles. The first-order valence-corrected chi connectivity index (χ1v) is 15.2. The number of halogens is 2. The minimum atomic E-state index is -3.27. The molecule has 1 fully saturated rings. The molecule has 4 aromatic rings. The predicted molar refractivity (Wildman–Crippen MR) is 154 cm³/mol. The molecule has 38 heavy (non-hydrogen) atoms. The van der Waals surface area contributed by atoms with E-state index in [4.69, 9.17) is 28.2 Å². The maximum atomic E-state index is 12.9. The van der Waals surface area contributed by atoms with Crippen molar-refractivity contribution in [3.8, 4) is 17.1 Å². The average Bonchev–Trinajstić information content (AvgIpc) is 3.31. The first-order valence-electron chi connectivity index (χ1n) is 12.9. The van der Waals surface area contributed by atoms with E-state index in [1.54, 1.807) is 4.31 Å². The number of anilines is 1. The molecule has 1 aliphatic rings. The van der Waals surface area contributed by atoms with Crippen molar-refractivity contribution in [3.63, 3.8) is 0 Å². The third-order valence-corrected chi connectivity index (χ3v) is 9.35. The molecule has 1 saturated heterocycles. The van der Waals surface area contributed by atoms with Crippen LogP contribution in [0, 0.1) is 0 Å². The molecule has 0 unspecified atom stereocenters. The first-order chi connectivity index (χ1) is 18.4. The zero-order chi connectivity index (χ0) is 26.7. The van der Waals surface area contributed by atoms with E-state index >= 15 is 0 Å². The van der Waals surface area contributed by atoms with Crippen LogP contribution in [0.5, 0.6) is 0 Å². The van der Waals surface area contributed by atoms with Crippen LogP contribution in [-0.4, -0.2) is 64.2 Å². The summed E-state index contributed by atoms with van der Waals surface area (Å²) in [4.78, 5) is 16.3. The number of piperazine rings is 1. The molecular weight excluding hydrogens is 543 g/mol. The zero-order valence-electron chi connectivity index (χ0n) is 21.2. The van der Waals surface area contributed by atoms with Gasteiger partial charge in [0.25, 0.3) is 0 Å². The van der Waals surface area contributed by atoms with Crippen LogP contribution < -0.4 is 4.90 Å². The van der Waals surface area contributed by atoms with Gasteiger partial charge in [-0.25, -0.2) is 23.4 Å². The second kappa shape index (κ2) is 11.6. The van der Waals surface area contributed by atoms with Gasteiger partial charge in [0.05, 0.1) is 10.8 Å². The van der Waals surface area contributed by atoms with Gasteiger partial charge in [-0.15, -0.1) is 0 Å². The average molecular weight is 574 g/mol. The van der Waals surface area contributed by atoms with Crippen LogP contribution in [-0.2, 0) is 10.0 Å². The molecule has 0 radical (unpaired) electrons. The Labute approximate surface area is 233 Å². The minimum absolute atomic E-state index is 0.206. The summed E-state index contributed by atoms with van der Waals surface area (Å²) in [7, 11) is -3.27. The molecule has 0 spiro atoms. The van der Waals surface area contributed by atoms with Crippen LogP contribution in [0.2, 0.25) is 10.0 Å². The van der Waals surface area contributed by atoms with Crippen molar-refractivity contribution < 1.29 is 8.42 Å². The molecule has 0 amide bonds. The first kappa shape index (κ1) is 26.9. The van der Waals surface area contributed by atoms with Gasteiger partial charge >= 0.3 is 0 Å². The Morgan fingerprint density at radius 2 is 1.63 bits per heavy atom. The van der Waals surface area contributed by atoms with Crippen molar-refractivity contribution in [2.24, 2.45) is 0 Å². The molecule has 0 bridgehead atoms. The summed E-state index contributed by atoms with van der Waals surface area (Å²) >= 11 is 12.7. The second-order valence-corrected chi connectivity index (χ2v) is 12.3. The Kier molecular flexibility index (Phi) is 8.18. The lowest BCUT2D eigenvalue weighted by Gasteiger charge is -2.34. The van der Waals surface area contributed by atoms with E-state index in [2.05, 4.69) is 21.8 Å². The lowest BCUT2D eigenvalue weighted by molar-refractivity contribution is 0.383. The Morgan fingerprint density at radius 1 is 0.895 bits per heavy atom. The number of fused-ring (bicyclic) bond motifs is 1. The Morgan fingerprint density at radius 3 is 2.34 bits per heavy atom. The van der Waals surface area contributed by atoms with Crippen LogP contribution in [0.1, 0.15) is 32.6 Å². The van der Waals surface area contributed by atoms with Crippen molar-refractivity contribution in [1.82, 2.24) is 23.8 Å². The molecule has 1 aliphatic heterocycles. The highest BCUT2D eigenvalue weighted by molar-refractivity contribution is 7.89. The normalized spacial score (nSPS) is 14.9. The number of hydrogen-bond donors (Lipinski definition) is 0. The monoisotopic (exact) mass is 572 g/mol. The fourth-order valence-corrected chi connectivity index (χ4v) is 6.68. The SMILES string of the molecule is CCCCCCS(=O)(=O)N1CCN(c2ncnc3c2nc(-c2ccccc2Cl)n3-c2ccc(Cl)cc2)CC1. The smallest absolute Gasteiger partial charge is 0.214 e. The van der Waals surface area contributed by atoms with Gasteiger partial charge in [0.1, 0.15) is 12.2 Å². The van der Waals surface area contributed by atoms with Crippen LogP contribution in [0.25, 0.3) is 28.2 Å². The van der Waals surface area contributed by atoms with Gasteiger partial charge in [-0.2, -0.15) is 4.31 Å². The number of benzene rings is 2. The Hall–Kier alpha value is -2.72. The van der Waals surface area contributed by atoms with E-state index in [0.717, 1.165) is 30.5 Å². The van der Waals surface area contributed by atoms with Crippen LogP contribution in [0.3, 0.4) is 0 Å². The minimum Gasteiger partial charge on any atom is -0.352 e. The highest BCUT2D eigenvalue weighted by Gasteiger charge is 2.29. The molecule has 2 aromatic heterocycles. The lowest BCUT2D eigenvalue weighted by atomic mass is 10.2. The molecule has 0 atom stereocenters. The number of hydrogen-bond acceptors (Lipinski definition) is 6. The molecule has 11 heteroatoms. The molecule has 8 nitrogen and oxygen atoms in total. The van der Waals surface area contributed by atoms with E-state index in [0.29, 0.717) is 65.5 Å². The number of aromatic nitrogens is 4. The maximum Gasteiger partial charge on any atom is 0.214 e. The zero-order valence-corrected chi connectivity index (χ0v) is 23.6. The van der Waals surface area contributed by atoms with E-state index in [9.17, 15) is 8.42 Å². The summed E-state index contributed by atoms with van der Waals surface area (Å²) in [5.41, 5.74) is 2.88. The standard InChI is InChI=1S/C27H30Cl2N6O2S/c1-2-3-4-7-18-38(36,37)34-16-14-33(15-17-34)26-24-27(31-19-30-26)35(21-12-10-20(28)11-13-21)25(32-24)22-8-5-6-9-23(22)29/h5-6,8-13,19H,2-4,7,14-18H2,1H3. The van der Waals surface area contributed by atoms with Crippen LogP contribution >= 0.6 is 23.2 Å². The van der Waals surface area contributed by atoms with E-state index in [1.165, 1.54) is 6.33 Å². The molecule has 200 valence electrons. The van der Waals surface area contributed by atoms with Crippen molar-refractivity contribution in [3.05, 3.63) is 64.9 Å². The van der Waals surface area contributed by atoms with Gasteiger partial charge < -0.3 is 4.90 Å². The Bertz CT molecular complexity index is 1520. The molecule has 0 N–H and O–H groups in total. The number of sulfonamides is 1. The molecular formula is C27H30Cl2N6O2S. The fourth-order valence-electron chi connectivity index (χ4n) is 4.79. The largest absolute Gasteiger partial charge is 0.352 e.